The number of halogens is 5. The molecule has 1 fully saturated rings. The summed E-state index contributed by atoms with van der Waals surface area (Å²) in [5.41, 5.74) is 6.95. The SMILES string of the molecule is COc1ccc(CC2c3cc(O)c(OC)cc3CCN2CC(=O)N2N=C3/C(=C\c4ccc(Cl)cc4)CCCC3C2c2ccc(Cl)cc2)cc1O.O=C(O)C(F)(F)F. The van der Waals surface area contributed by atoms with Crippen molar-refractivity contribution in [2.24, 2.45) is 11.0 Å². The van der Waals surface area contributed by atoms with Crippen LogP contribution in [-0.2, 0) is 22.4 Å². The summed E-state index contributed by atoms with van der Waals surface area (Å²) < 4.78 is 42.4. The van der Waals surface area contributed by atoms with Gasteiger partial charge in [0.2, 0.25) is 0 Å². The van der Waals surface area contributed by atoms with E-state index in [4.69, 9.17) is 47.7 Å². The van der Waals surface area contributed by atoms with Gasteiger partial charge in [-0.3, -0.25) is 9.69 Å². The second-order valence-corrected chi connectivity index (χ2v) is 14.8. The molecule has 10 nitrogen and oxygen atoms in total. The first kappa shape index (κ1) is 41.4. The first-order valence-corrected chi connectivity index (χ1v) is 18.8. The molecule has 3 aliphatic rings. The van der Waals surface area contributed by atoms with Crippen LogP contribution in [0.25, 0.3) is 6.08 Å². The number of nitrogens with zero attached hydrogens (tertiary/aromatic N) is 3. The first-order valence-electron chi connectivity index (χ1n) is 18.1. The molecule has 3 N–H and O–H groups in total. The van der Waals surface area contributed by atoms with Crippen LogP contribution >= 0.6 is 23.2 Å². The van der Waals surface area contributed by atoms with E-state index in [0.29, 0.717) is 40.9 Å². The standard InChI is InChI=1S/C40H39Cl2N3O5.C2HF3O2/c1-49-36-15-8-25(20-34(36)46)19-33-32-22-35(47)37(50-2)21-27(32)16-17-44(33)23-38(48)45-40(26-9-13-30(42)14-10-26)31-5-3-4-28(39(31)43-45)18-24-6-11-29(41)12-7-24;3-2(4,5)1(6)7/h6-15,18,20-22,31,33,40,46-47H,3-5,16-17,19,23H2,1-2H3;(H,6,7)/b28-18-;. The molecule has 7 rings (SSSR count). The van der Waals surface area contributed by atoms with E-state index >= 15 is 0 Å². The van der Waals surface area contributed by atoms with Gasteiger partial charge >= 0.3 is 12.1 Å². The van der Waals surface area contributed by atoms with E-state index in [9.17, 15) is 28.2 Å². The van der Waals surface area contributed by atoms with Crippen LogP contribution in [0.5, 0.6) is 23.0 Å². The number of fused-ring (bicyclic) bond motifs is 2. The predicted molar refractivity (Wildman–Crippen MR) is 210 cm³/mol. The van der Waals surface area contributed by atoms with E-state index in [1.807, 2.05) is 60.7 Å². The van der Waals surface area contributed by atoms with Gasteiger partial charge < -0.3 is 24.8 Å². The summed E-state index contributed by atoms with van der Waals surface area (Å²) in [6, 6.07) is 23.9. The molecular weight excluding hydrogens is 786 g/mol. The highest BCUT2D eigenvalue weighted by molar-refractivity contribution is 6.30. The van der Waals surface area contributed by atoms with Gasteiger partial charge in [-0.25, -0.2) is 9.80 Å². The first-order chi connectivity index (χ1) is 27.2. The van der Waals surface area contributed by atoms with Crippen molar-refractivity contribution in [2.75, 3.05) is 27.3 Å². The van der Waals surface area contributed by atoms with Crippen LogP contribution in [0.1, 0.15) is 59.2 Å². The maximum absolute atomic E-state index is 14.6. The largest absolute Gasteiger partial charge is 0.504 e. The topological polar surface area (TPSA) is 132 Å². The Hall–Kier alpha value is -5.24. The van der Waals surface area contributed by atoms with E-state index in [2.05, 4.69) is 11.0 Å². The lowest BCUT2D eigenvalue weighted by atomic mass is 9.77. The molecule has 0 aromatic heterocycles. The molecule has 3 unspecified atom stereocenters. The van der Waals surface area contributed by atoms with Crippen LogP contribution in [-0.4, -0.2) is 76.3 Å². The lowest BCUT2D eigenvalue weighted by Crippen LogP contribution is -2.44. The molecule has 1 saturated carbocycles. The number of aromatic hydroxyl groups is 2. The number of rotatable bonds is 8. The zero-order chi connectivity index (χ0) is 41.0. The molecule has 4 aromatic carbocycles. The molecule has 3 atom stereocenters. The minimum Gasteiger partial charge on any atom is -0.504 e. The van der Waals surface area contributed by atoms with E-state index in [0.717, 1.165) is 58.4 Å². The number of benzene rings is 4. The number of carboxylic acids is 1. The third-order valence-corrected chi connectivity index (χ3v) is 10.8. The minimum atomic E-state index is -5.08. The number of phenols is 2. The summed E-state index contributed by atoms with van der Waals surface area (Å²) >= 11 is 12.5. The normalized spacial score (nSPS) is 19.8. The van der Waals surface area contributed by atoms with Gasteiger partial charge in [0.25, 0.3) is 5.91 Å². The Kier molecular flexibility index (Phi) is 12.7. The molecule has 2 heterocycles. The summed E-state index contributed by atoms with van der Waals surface area (Å²) in [7, 11) is 3.05. The summed E-state index contributed by atoms with van der Waals surface area (Å²) in [5.74, 6) is -1.94. The quantitative estimate of drug-likeness (QED) is 0.161. The van der Waals surface area contributed by atoms with Crippen LogP contribution < -0.4 is 9.47 Å². The number of phenolic OH excluding ortho intramolecular Hbond substituents is 2. The number of carbonyl (C=O) groups excluding carboxylic acids is 1. The lowest BCUT2D eigenvalue weighted by Gasteiger charge is -2.38. The number of aliphatic carboxylic acids is 1. The molecule has 300 valence electrons. The molecule has 4 aromatic rings. The number of carboxylic acid groups (broad SMARTS) is 1. The van der Waals surface area contributed by atoms with Crippen molar-refractivity contribution in [3.63, 3.8) is 0 Å². The molecule has 0 radical (unpaired) electrons. The van der Waals surface area contributed by atoms with Gasteiger partial charge in [0.1, 0.15) is 0 Å². The molecular formula is C42H40Cl2F3N3O7. The van der Waals surface area contributed by atoms with Crippen LogP contribution in [0.3, 0.4) is 0 Å². The second-order valence-electron chi connectivity index (χ2n) is 13.9. The molecule has 1 aliphatic carbocycles. The summed E-state index contributed by atoms with van der Waals surface area (Å²) in [5, 5.41) is 36.7. The number of methoxy groups -OCH3 is 2. The van der Waals surface area contributed by atoms with E-state index in [1.54, 1.807) is 23.2 Å². The number of allylic oxidation sites excluding steroid dienone is 1. The Labute approximate surface area is 337 Å². The zero-order valence-corrected chi connectivity index (χ0v) is 32.5. The summed E-state index contributed by atoms with van der Waals surface area (Å²) in [6.45, 7) is 0.726. The fraction of sp³-hybridized carbons (Fsp3) is 0.310. The minimum absolute atomic E-state index is 0.0389. The summed E-state index contributed by atoms with van der Waals surface area (Å²) in [6.07, 6.45) is 1.03. The fourth-order valence-corrected chi connectivity index (χ4v) is 7.91. The van der Waals surface area contributed by atoms with Crippen molar-refractivity contribution in [2.45, 2.75) is 50.4 Å². The number of hydrazone groups is 1. The Balaban J connectivity index is 0.000000719. The van der Waals surface area contributed by atoms with Crippen LogP contribution in [0.15, 0.2) is 89.5 Å². The van der Waals surface area contributed by atoms with Crippen molar-refractivity contribution in [1.82, 2.24) is 9.91 Å². The highest BCUT2D eigenvalue weighted by atomic mass is 35.5. The van der Waals surface area contributed by atoms with E-state index < -0.39 is 12.1 Å². The van der Waals surface area contributed by atoms with E-state index in [-0.39, 0.29) is 42.0 Å². The highest BCUT2D eigenvalue weighted by Crippen LogP contribution is 2.46. The third-order valence-electron chi connectivity index (χ3n) is 10.3. The number of carbonyl (C=O) groups is 2. The highest BCUT2D eigenvalue weighted by Gasteiger charge is 2.44. The number of ether oxygens (including phenoxy) is 2. The number of hydrogen-bond acceptors (Lipinski definition) is 8. The maximum atomic E-state index is 14.6. The Morgan fingerprint density at radius 3 is 2.14 bits per heavy atom. The average molecular weight is 827 g/mol. The molecule has 1 amide bonds. The average Bonchev–Trinajstić information content (AvgIpc) is 3.58. The van der Waals surface area contributed by atoms with Crippen molar-refractivity contribution in [3.8, 4) is 23.0 Å². The lowest BCUT2D eigenvalue weighted by molar-refractivity contribution is -0.192. The van der Waals surface area contributed by atoms with Crippen molar-refractivity contribution in [3.05, 3.63) is 122 Å². The molecule has 57 heavy (non-hydrogen) atoms. The smallest absolute Gasteiger partial charge is 0.490 e. The van der Waals surface area contributed by atoms with Gasteiger partial charge in [0.05, 0.1) is 32.5 Å². The van der Waals surface area contributed by atoms with Crippen molar-refractivity contribution < 1.29 is 47.6 Å². The second kappa shape index (κ2) is 17.5. The summed E-state index contributed by atoms with van der Waals surface area (Å²) in [4.78, 5) is 25.7. The molecule has 2 aliphatic heterocycles. The van der Waals surface area contributed by atoms with Gasteiger partial charge in [0, 0.05) is 28.5 Å². The van der Waals surface area contributed by atoms with Crippen LogP contribution in [0.2, 0.25) is 10.0 Å². The monoisotopic (exact) mass is 825 g/mol. The van der Waals surface area contributed by atoms with Gasteiger partial charge in [-0.05, 0) is 120 Å². The van der Waals surface area contributed by atoms with E-state index in [1.165, 1.54) is 14.2 Å². The van der Waals surface area contributed by atoms with Gasteiger partial charge in [-0.2, -0.15) is 18.3 Å². The van der Waals surface area contributed by atoms with Crippen molar-refractivity contribution >= 4 is 46.9 Å². The third kappa shape index (κ3) is 9.49. The predicted octanol–water partition coefficient (Wildman–Crippen LogP) is 9.02. The number of alkyl halides is 3. The van der Waals surface area contributed by atoms with Gasteiger partial charge in [0.15, 0.2) is 23.0 Å². The van der Waals surface area contributed by atoms with Crippen LogP contribution in [0.4, 0.5) is 13.2 Å². The molecule has 0 bridgehead atoms. The van der Waals surface area contributed by atoms with Gasteiger partial charge in [-0.15, -0.1) is 0 Å². The van der Waals surface area contributed by atoms with Crippen molar-refractivity contribution in [1.29, 1.82) is 0 Å². The molecule has 0 saturated heterocycles. The fourth-order valence-electron chi connectivity index (χ4n) is 7.65. The molecule has 15 heteroatoms. The Bertz CT molecular complexity index is 2180. The zero-order valence-electron chi connectivity index (χ0n) is 31.0. The maximum Gasteiger partial charge on any atom is 0.490 e. The van der Waals surface area contributed by atoms with Gasteiger partial charge in [-0.1, -0.05) is 53.5 Å². The number of hydrogen-bond donors (Lipinski definition) is 3. The Morgan fingerprint density at radius 2 is 1.53 bits per heavy atom. The van der Waals surface area contributed by atoms with Crippen LogP contribution in [0, 0.1) is 5.92 Å². The molecule has 0 spiro atoms. The number of amides is 1. The Morgan fingerprint density at radius 1 is 0.895 bits per heavy atom.